The first kappa shape index (κ1) is 24.0. The molecule has 3 aromatic rings. The summed E-state index contributed by atoms with van der Waals surface area (Å²) in [5.41, 5.74) is -2.10. The molecule has 3 rings (SSSR count). The van der Waals surface area contributed by atoms with Crippen LogP contribution in [0.5, 0.6) is 0 Å². The van der Waals surface area contributed by atoms with Crippen LogP contribution in [0.1, 0.15) is 38.4 Å². The SMILES string of the molecule is O=C(Cc1ccc(/C=C/C(=O)c2ncc[nH]2)cc1)Cc1cc(C(F)(F)F)cc(C(F)(F)F)c1. The summed E-state index contributed by atoms with van der Waals surface area (Å²) < 4.78 is 77.8. The second-order valence-corrected chi connectivity index (χ2v) is 7.18. The van der Waals surface area contributed by atoms with E-state index in [1.807, 2.05) is 0 Å². The quantitative estimate of drug-likeness (QED) is 0.276. The summed E-state index contributed by atoms with van der Waals surface area (Å²) in [6.45, 7) is 0. The normalized spacial score (nSPS) is 12.3. The van der Waals surface area contributed by atoms with Crippen molar-refractivity contribution >= 4 is 17.6 Å². The number of ketones is 2. The van der Waals surface area contributed by atoms with Crippen molar-refractivity contribution in [1.29, 1.82) is 0 Å². The fourth-order valence-electron chi connectivity index (χ4n) is 3.04. The molecule has 1 aromatic heterocycles. The van der Waals surface area contributed by atoms with Gasteiger partial charge in [0, 0.05) is 25.2 Å². The Hall–Kier alpha value is -3.69. The Bertz CT molecular complexity index is 1130. The second-order valence-electron chi connectivity index (χ2n) is 7.18. The minimum Gasteiger partial charge on any atom is -0.342 e. The first-order chi connectivity index (χ1) is 15.4. The summed E-state index contributed by atoms with van der Waals surface area (Å²) in [6.07, 6.45) is -4.89. The third kappa shape index (κ3) is 6.64. The molecule has 0 spiro atoms. The average Bonchev–Trinajstić information content (AvgIpc) is 3.26. The van der Waals surface area contributed by atoms with Crippen LogP contribution in [0.4, 0.5) is 26.3 Å². The summed E-state index contributed by atoms with van der Waals surface area (Å²) in [4.78, 5) is 30.7. The lowest BCUT2D eigenvalue weighted by Gasteiger charge is -2.14. The van der Waals surface area contributed by atoms with Gasteiger partial charge in [0.15, 0.2) is 5.82 Å². The van der Waals surface area contributed by atoms with E-state index in [-0.39, 0.29) is 29.7 Å². The number of nitrogens with one attached hydrogen (secondary N) is 1. The number of H-pyrrole nitrogens is 1. The third-order valence-corrected chi connectivity index (χ3v) is 4.59. The lowest BCUT2D eigenvalue weighted by molar-refractivity contribution is -0.143. The molecular formula is C23H16F6N2O2. The van der Waals surface area contributed by atoms with Gasteiger partial charge in [-0.05, 0) is 41.0 Å². The van der Waals surface area contributed by atoms with Gasteiger partial charge < -0.3 is 4.98 Å². The van der Waals surface area contributed by atoms with Crippen molar-refractivity contribution < 1.29 is 35.9 Å². The van der Waals surface area contributed by atoms with Gasteiger partial charge in [0.25, 0.3) is 0 Å². The third-order valence-electron chi connectivity index (χ3n) is 4.59. The monoisotopic (exact) mass is 466 g/mol. The number of carbonyl (C=O) groups is 2. The predicted molar refractivity (Wildman–Crippen MR) is 107 cm³/mol. The smallest absolute Gasteiger partial charge is 0.342 e. The number of alkyl halides is 6. The first-order valence-electron chi connectivity index (χ1n) is 9.52. The maximum atomic E-state index is 13.0. The zero-order valence-electron chi connectivity index (χ0n) is 16.8. The molecule has 4 nitrogen and oxygen atoms in total. The van der Waals surface area contributed by atoms with E-state index in [1.165, 1.54) is 24.5 Å². The molecule has 0 aliphatic heterocycles. The molecule has 0 aliphatic carbocycles. The molecule has 0 bridgehead atoms. The van der Waals surface area contributed by atoms with Crippen LogP contribution in [0.2, 0.25) is 0 Å². The van der Waals surface area contributed by atoms with Gasteiger partial charge in [-0.2, -0.15) is 26.3 Å². The molecule has 1 N–H and O–H groups in total. The van der Waals surface area contributed by atoms with Crippen molar-refractivity contribution in [3.63, 3.8) is 0 Å². The summed E-state index contributed by atoms with van der Waals surface area (Å²) in [5.74, 6) is -0.700. The standard InChI is InChI=1S/C23H16F6N2O2/c24-22(25,26)17-9-16(10-18(13-17)23(27,28)29)12-19(32)11-15-3-1-14(2-4-15)5-6-20(33)21-30-7-8-31-21/h1-10,13H,11-12H2,(H,30,31)/b6-5+. The Balaban J connectivity index is 1.68. The summed E-state index contributed by atoms with van der Waals surface area (Å²) in [6, 6.07) is 7.55. The van der Waals surface area contributed by atoms with Crippen LogP contribution in [0.25, 0.3) is 6.08 Å². The number of rotatable bonds is 7. The molecule has 10 heteroatoms. The number of hydrogen-bond acceptors (Lipinski definition) is 3. The fraction of sp³-hybridized carbons (Fsp3) is 0.174. The Morgan fingerprint density at radius 2 is 1.42 bits per heavy atom. The summed E-state index contributed by atoms with van der Waals surface area (Å²) in [5, 5.41) is 0. The molecule has 0 radical (unpaired) electrons. The van der Waals surface area contributed by atoms with Gasteiger partial charge in [0.2, 0.25) is 5.78 Å². The van der Waals surface area contributed by atoms with Gasteiger partial charge in [0.1, 0.15) is 5.78 Å². The predicted octanol–water partition coefficient (Wildman–Crippen LogP) is 5.70. The van der Waals surface area contributed by atoms with Crippen molar-refractivity contribution in [3.05, 3.63) is 94.6 Å². The number of aromatic amines is 1. The van der Waals surface area contributed by atoms with Crippen LogP contribution in [0, 0.1) is 0 Å². The molecule has 0 unspecified atom stereocenters. The van der Waals surface area contributed by atoms with Crippen LogP contribution in [0.15, 0.2) is 60.9 Å². The van der Waals surface area contributed by atoms with E-state index in [2.05, 4.69) is 9.97 Å². The first-order valence-corrected chi connectivity index (χ1v) is 9.52. The van der Waals surface area contributed by atoms with Crippen LogP contribution < -0.4 is 0 Å². The molecule has 0 saturated carbocycles. The van der Waals surface area contributed by atoms with Crippen LogP contribution in [-0.4, -0.2) is 21.5 Å². The lowest BCUT2D eigenvalue weighted by atomic mass is 9.98. The minimum absolute atomic E-state index is 0.0247. The number of halogens is 6. The Morgan fingerprint density at radius 3 is 1.94 bits per heavy atom. The number of benzene rings is 2. The average molecular weight is 466 g/mol. The van der Waals surface area contributed by atoms with Gasteiger partial charge in [-0.1, -0.05) is 30.3 Å². The van der Waals surface area contributed by atoms with Gasteiger partial charge in [-0.3, -0.25) is 9.59 Å². The molecule has 2 aromatic carbocycles. The highest BCUT2D eigenvalue weighted by Gasteiger charge is 2.37. The van der Waals surface area contributed by atoms with Crippen molar-refractivity contribution in [2.24, 2.45) is 0 Å². The minimum atomic E-state index is -4.97. The molecule has 0 aliphatic rings. The summed E-state index contributed by atoms with van der Waals surface area (Å²) in [7, 11) is 0. The number of carbonyl (C=O) groups excluding carboxylic acids is 2. The maximum absolute atomic E-state index is 13.0. The highest BCUT2D eigenvalue weighted by atomic mass is 19.4. The van der Waals surface area contributed by atoms with Gasteiger partial charge in [0.05, 0.1) is 11.1 Å². The van der Waals surface area contributed by atoms with E-state index >= 15 is 0 Å². The maximum Gasteiger partial charge on any atom is 0.416 e. The number of Topliss-reactive ketones (excluding diaryl/α,β-unsaturated/α-hetero) is 1. The number of aromatic nitrogens is 2. The number of nitrogens with zero attached hydrogens (tertiary/aromatic N) is 1. The van der Waals surface area contributed by atoms with E-state index < -0.39 is 35.7 Å². The molecule has 0 amide bonds. The Labute approximate surface area is 184 Å². The van der Waals surface area contributed by atoms with Crippen molar-refractivity contribution in [1.82, 2.24) is 9.97 Å². The highest BCUT2D eigenvalue weighted by molar-refractivity contribution is 6.04. The second kappa shape index (κ2) is 9.43. The molecule has 172 valence electrons. The van der Waals surface area contributed by atoms with Crippen LogP contribution in [-0.2, 0) is 30.0 Å². The van der Waals surface area contributed by atoms with Gasteiger partial charge >= 0.3 is 12.4 Å². The van der Waals surface area contributed by atoms with Gasteiger partial charge in [-0.15, -0.1) is 0 Å². The van der Waals surface area contributed by atoms with E-state index in [4.69, 9.17) is 0 Å². The van der Waals surface area contributed by atoms with Crippen LogP contribution >= 0.6 is 0 Å². The highest BCUT2D eigenvalue weighted by Crippen LogP contribution is 2.36. The fourth-order valence-corrected chi connectivity index (χ4v) is 3.04. The number of imidazole rings is 1. The lowest BCUT2D eigenvalue weighted by Crippen LogP contribution is -2.14. The van der Waals surface area contributed by atoms with E-state index in [1.54, 1.807) is 24.3 Å². The molecule has 0 fully saturated rings. The largest absolute Gasteiger partial charge is 0.416 e. The van der Waals surface area contributed by atoms with Crippen molar-refractivity contribution in [2.75, 3.05) is 0 Å². The topological polar surface area (TPSA) is 62.8 Å². The Kier molecular flexibility index (Phi) is 6.85. The van der Waals surface area contributed by atoms with E-state index in [0.29, 0.717) is 23.3 Å². The molecular weight excluding hydrogens is 450 g/mol. The molecule has 0 atom stereocenters. The number of hydrogen-bond donors (Lipinski definition) is 1. The van der Waals surface area contributed by atoms with E-state index in [9.17, 15) is 35.9 Å². The van der Waals surface area contributed by atoms with Crippen molar-refractivity contribution in [2.45, 2.75) is 25.2 Å². The number of allylic oxidation sites excluding steroid dienone is 1. The molecule has 0 saturated heterocycles. The van der Waals surface area contributed by atoms with E-state index in [0.717, 1.165) is 0 Å². The van der Waals surface area contributed by atoms with Crippen molar-refractivity contribution in [3.8, 4) is 0 Å². The zero-order chi connectivity index (χ0) is 24.2. The van der Waals surface area contributed by atoms with Crippen LogP contribution in [0.3, 0.4) is 0 Å². The molecule has 33 heavy (non-hydrogen) atoms. The van der Waals surface area contributed by atoms with Gasteiger partial charge in [-0.25, -0.2) is 4.98 Å². The zero-order valence-corrected chi connectivity index (χ0v) is 16.8. The Morgan fingerprint density at radius 1 is 0.848 bits per heavy atom. The molecule has 1 heterocycles. The summed E-state index contributed by atoms with van der Waals surface area (Å²) >= 11 is 0.